The van der Waals surface area contributed by atoms with Gasteiger partial charge in [0.15, 0.2) is 0 Å². The summed E-state index contributed by atoms with van der Waals surface area (Å²) in [5.41, 5.74) is 4.63. The molecule has 4 amide bonds. The summed E-state index contributed by atoms with van der Waals surface area (Å²) >= 11 is 0. The quantitative estimate of drug-likeness (QED) is 0.0512. The van der Waals surface area contributed by atoms with Crippen LogP contribution < -0.4 is 0 Å². The molecule has 0 aliphatic carbocycles. The second-order valence-corrected chi connectivity index (χ2v) is 16.2. The number of benzene rings is 5. The fraction of sp³-hybridized carbons (Fsp3) is 0.500. The third-order valence-electron chi connectivity index (χ3n) is 12.7. The largest absolute Gasteiger partial charge is 0.274 e. The molecule has 0 spiro atoms. The number of hydrogen-bond acceptors (Lipinski definition) is 4. The van der Waals surface area contributed by atoms with Gasteiger partial charge in [0.25, 0.3) is 23.6 Å². The molecule has 0 bridgehead atoms. The Morgan fingerprint density at radius 3 is 1.17 bits per heavy atom. The van der Waals surface area contributed by atoms with E-state index >= 15 is 0 Å². The number of nitrogens with zero attached hydrogens (tertiary/aromatic N) is 2. The molecule has 0 saturated carbocycles. The SMILES string of the molecule is CCCCc1cc2c3c(ccc4c5c(CCCC)cc6c7c(ccc(c1c34)c75)C(=O)N(CC(CC)CCCC)C6=O)C(=O)N(CC(CC)CCCC)C2=O. The zero-order valence-corrected chi connectivity index (χ0v) is 33.5. The Bertz CT molecular complexity index is 2110. The highest BCUT2D eigenvalue weighted by Gasteiger charge is 2.39. The lowest BCUT2D eigenvalue weighted by Gasteiger charge is -2.33. The van der Waals surface area contributed by atoms with Gasteiger partial charge in [-0.3, -0.25) is 29.0 Å². The van der Waals surface area contributed by atoms with Crippen LogP contribution in [0.2, 0.25) is 0 Å². The first-order chi connectivity index (χ1) is 26.2. The number of aryl methyl sites for hydroxylation is 2. The van der Waals surface area contributed by atoms with E-state index in [1.54, 1.807) is 0 Å². The van der Waals surface area contributed by atoms with Crippen LogP contribution in [-0.2, 0) is 12.8 Å². The van der Waals surface area contributed by atoms with E-state index in [9.17, 15) is 19.2 Å². The molecular weight excluding hydrogens is 669 g/mol. The summed E-state index contributed by atoms with van der Waals surface area (Å²) in [5, 5.41) is 7.56. The number of rotatable bonds is 18. The van der Waals surface area contributed by atoms with Gasteiger partial charge in [-0.2, -0.15) is 0 Å². The van der Waals surface area contributed by atoms with Crippen molar-refractivity contribution in [3.63, 3.8) is 0 Å². The molecule has 0 N–H and O–H groups in total. The molecule has 284 valence electrons. The van der Waals surface area contributed by atoms with Crippen LogP contribution in [-0.4, -0.2) is 46.5 Å². The van der Waals surface area contributed by atoms with E-state index in [2.05, 4.69) is 65.8 Å². The maximum atomic E-state index is 14.6. The first-order valence-corrected chi connectivity index (χ1v) is 21.2. The molecule has 2 aliphatic heterocycles. The van der Waals surface area contributed by atoms with Gasteiger partial charge in [0.2, 0.25) is 0 Å². The number of carbonyl (C=O) groups excluding carboxylic acids is 4. The van der Waals surface area contributed by atoms with E-state index < -0.39 is 0 Å². The van der Waals surface area contributed by atoms with E-state index in [-0.39, 0.29) is 35.5 Å². The zero-order valence-electron chi connectivity index (χ0n) is 33.5. The van der Waals surface area contributed by atoms with Gasteiger partial charge in [-0.25, -0.2) is 0 Å². The van der Waals surface area contributed by atoms with Gasteiger partial charge in [-0.1, -0.05) is 105 Å². The van der Waals surface area contributed by atoms with Crippen molar-refractivity contribution in [1.29, 1.82) is 0 Å². The van der Waals surface area contributed by atoms with E-state index in [0.29, 0.717) is 35.3 Å². The lowest BCUT2D eigenvalue weighted by atomic mass is 9.78. The number of amides is 4. The van der Waals surface area contributed by atoms with Crippen molar-refractivity contribution in [3.05, 3.63) is 69.8 Å². The van der Waals surface area contributed by atoms with Gasteiger partial charge in [0.1, 0.15) is 0 Å². The van der Waals surface area contributed by atoms with Crippen LogP contribution in [0.4, 0.5) is 0 Å². The van der Waals surface area contributed by atoms with Crippen molar-refractivity contribution in [2.24, 2.45) is 11.8 Å². The van der Waals surface area contributed by atoms with Crippen molar-refractivity contribution in [2.75, 3.05) is 13.1 Å². The maximum absolute atomic E-state index is 14.6. The van der Waals surface area contributed by atoms with Crippen molar-refractivity contribution in [1.82, 2.24) is 9.80 Å². The second-order valence-electron chi connectivity index (χ2n) is 16.2. The Balaban J connectivity index is 1.51. The normalized spacial score (nSPS) is 15.6. The highest BCUT2D eigenvalue weighted by atomic mass is 16.2. The van der Waals surface area contributed by atoms with Crippen LogP contribution >= 0.6 is 0 Å². The third-order valence-corrected chi connectivity index (χ3v) is 12.7. The summed E-state index contributed by atoms with van der Waals surface area (Å²) in [6.45, 7) is 13.9. The molecule has 0 radical (unpaired) electrons. The number of hydrogen-bond donors (Lipinski definition) is 0. The standard InChI is InChI=1S/C48H58N2O4/c1-7-13-17-29(11-5)27-49-45(51)35-23-21-33-40-32(20-16-10-4)26-38-42-36(46(52)50(48(38)54)28-30(12-6)18-14-8-2)24-22-34(44(40)42)39-31(19-15-9-3)25-37(47(49)53)41(35)43(33)39/h21-26,29-30H,7-20,27-28H2,1-6H3. The van der Waals surface area contributed by atoms with Gasteiger partial charge in [0.05, 0.1) is 0 Å². The average molecular weight is 727 g/mol. The summed E-state index contributed by atoms with van der Waals surface area (Å²) in [6, 6.07) is 12.2. The van der Waals surface area contributed by atoms with Gasteiger partial charge in [0, 0.05) is 46.1 Å². The van der Waals surface area contributed by atoms with Gasteiger partial charge < -0.3 is 0 Å². The van der Waals surface area contributed by atoms with E-state index in [0.717, 1.165) is 144 Å². The minimum Gasteiger partial charge on any atom is -0.274 e. The zero-order chi connectivity index (χ0) is 38.3. The molecule has 6 nitrogen and oxygen atoms in total. The molecule has 2 unspecified atom stereocenters. The van der Waals surface area contributed by atoms with Crippen LogP contribution in [0, 0.1) is 11.8 Å². The van der Waals surface area contributed by atoms with Crippen LogP contribution in [0.5, 0.6) is 0 Å². The summed E-state index contributed by atoms with van der Waals surface area (Å²) in [7, 11) is 0. The van der Waals surface area contributed by atoms with Crippen LogP contribution in [0.25, 0.3) is 43.1 Å². The molecule has 2 atom stereocenters. The first-order valence-electron chi connectivity index (χ1n) is 21.2. The second kappa shape index (κ2) is 15.8. The maximum Gasteiger partial charge on any atom is 0.261 e. The van der Waals surface area contributed by atoms with Crippen LogP contribution in [0.1, 0.15) is 171 Å². The Morgan fingerprint density at radius 2 is 0.815 bits per heavy atom. The molecule has 2 aliphatic rings. The highest BCUT2D eigenvalue weighted by molar-refractivity contribution is 6.42. The van der Waals surface area contributed by atoms with Gasteiger partial charge in [-0.15, -0.1) is 0 Å². The lowest BCUT2D eigenvalue weighted by molar-refractivity contribution is 0.0565. The van der Waals surface area contributed by atoms with E-state index in [1.807, 2.05) is 12.1 Å². The monoisotopic (exact) mass is 726 g/mol. The lowest BCUT2D eigenvalue weighted by Crippen LogP contribution is -2.43. The third kappa shape index (κ3) is 6.18. The molecule has 6 heteroatoms. The summed E-state index contributed by atoms with van der Waals surface area (Å²) in [4.78, 5) is 60.9. The van der Waals surface area contributed by atoms with Crippen molar-refractivity contribution in [2.45, 2.75) is 131 Å². The predicted molar refractivity (Wildman–Crippen MR) is 222 cm³/mol. The molecule has 5 aromatic rings. The fourth-order valence-electron chi connectivity index (χ4n) is 9.55. The minimum atomic E-state index is -0.205. The molecule has 0 fully saturated rings. The van der Waals surface area contributed by atoms with Crippen LogP contribution in [0.3, 0.4) is 0 Å². The topological polar surface area (TPSA) is 74.8 Å². The first kappa shape index (κ1) is 38.0. The Hall–Kier alpha value is -4.32. The van der Waals surface area contributed by atoms with E-state index in [4.69, 9.17) is 0 Å². The molecule has 0 aromatic heterocycles. The smallest absolute Gasteiger partial charge is 0.261 e. The highest BCUT2D eigenvalue weighted by Crippen LogP contribution is 2.49. The molecular formula is C48H58N2O4. The molecule has 2 heterocycles. The minimum absolute atomic E-state index is 0.188. The Morgan fingerprint density at radius 1 is 0.444 bits per heavy atom. The predicted octanol–water partition coefficient (Wildman–Crippen LogP) is 12.0. The number of fused-ring (bicyclic) bond motifs is 2. The Kier molecular flexibility index (Phi) is 11.1. The fourth-order valence-corrected chi connectivity index (χ4v) is 9.55. The number of unbranched alkanes of at least 4 members (excludes halogenated alkanes) is 4. The van der Waals surface area contributed by atoms with Crippen molar-refractivity contribution < 1.29 is 19.2 Å². The van der Waals surface area contributed by atoms with Gasteiger partial charge >= 0.3 is 0 Å². The Labute approximate surface area is 321 Å². The molecule has 0 saturated heterocycles. The van der Waals surface area contributed by atoms with E-state index in [1.165, 1.54) is 9.80 Å². The summed E-state index contributed by atoms with van der Waals surface area (Å²) < 4.78 is 0. The average Bonchev–Trinajstić information content (AvgIpc) is 3.19. The number of imide groups is 2. The summed E-state index contributed by atoms with van der Waals surface area (Å²) in [5.74, 6) is -0.248. The molecule has 5 aromatic carbocycles. The molecule has 54 heavy (non-hydrogen) atoms. The van der Waals surface area contributed by atoms with Gasteiger partial charge in [-0.05, 0) is 118 Å². The molecule has 7 rings (SSSR count). The van der Waals surface area contributed by atoms with Crippen LogP contribution in [0.15, 0.2) is 36.4 Å². The number of carbonyl (C=O) groups is 4. The van der Waals surface area contributed by atoms with Crippen molar-refractivity contribution in [3.8, 4) is 0 Å². The van der Waals surface area contributed by atoms with Crippen molar-refractivity contribution >= 4 is 66.7 Å². The summed E-state index contributed by atoms with van der Waals surface area (Å²) in [6.07, 6.45) is 13.7.